The van der Waals surface area contributed by atoms with E-state index in [1.54, 1.807) is 0 Å². The average molecular weight is 290 g/mol. The number of carbonyl (C=O) groups excluding carboxylic acids is 1. The number of non-ortho nitro benzene ring substituents is 1. The second-order valence-electron chi connectivity index (χ2n) is 5.87. The average Bonchev–Trinajstić information content (AvgIpc) is 3.15. The highest BCUT2D eigenvalue weighted by Crippen LogP contribution is 2.52. The first-order chi connectivity index (χ1) is 10.0. The minimum absolute atomic E-state index is 0.00335. The van der Waals surface area contributed by atoms with Gasteiger partial charge < -0.3 is 9.64 Å². The third-order valence-electron chi connectivity index (χ3n) is 4.86. The maximum atomic E-state index is 11.9. The number of methoxy groups -OCH3 is 1. The molecule has 1 aromatic rings. The van der Waals surface area contributed by atoms with Crippen LogP contribution in [0.3, 0.4) is 0 Å². The predicted octanol–water partition coefficient (Wildman–Crippen LogP) is 2.47. The number of ether oxygens (including phenoxy) is 1. The van der Waals surface area contributed by atoms with Crippen LogP contribution in [0.1, 0.15) is 23.7 Å². The number of hydrogen-bond acceptors (Lipinski definition) is 5. The maximum absolute atomic E-state index is 11.9. The van der Waals surface area contributed by atoms with Crippen LogP contribution in [0, 0.1) is 27.9 Å². The molecule has 2 fully saturated rings. The highest BCUT2D eigenvalue weighted by Gasteiger charge is 2.49. The van der Waals surface area contributed by atoms with E-state index in [1.165, 1.54) is 25.3 Å². The van der Waals surface area contributed by atoms with Crippen molar-refractivity contribution in [2.24, 2.45) is 17.8 Å². The Balaban J connectivity index is 1.95. The van der Waals surface area contributed by atoms with Crippen molar-refractivity contribution in [3.63, 3.8) is 0 Å². The van der Waals surface area contributed by atoms with Crippen molar-refractivity contribution in [1.82, 2.24) is 0 Å². The van der Waals surface area contributed by atoms with E-state index in [0.29, 0.717) is 17.2 Å². The zero-order chi connectivity index (χ0) is 15.1. The monoisotopic (exact) mass is 290 g/mol. The molecule has 0 aromatic heterocycles. The third kappa shape index (κ3) is 2.34. The van der Waals surface area contributed by atoms with Crippen LogP contribution in [0.2, 0.25) is 0 Å². The first kappa shape index (κ1) is 13.9. The molecule has 21 heavy (non-hydrogen) atoms. The Morgan fingerprint density at radius 3 is 2.81 bits per heavy atom. The van der Waals surface area contributed by atoms with Gasteiger partial charge in [0.1, 0.15) is 0 Å². The largest absolute Gasteiger partial charge is 0.465 e. The van der Waals surface area contributed by atoms with Gasteiger partial charge in [-0.25, -0.2) is 4.79 Å². The van der Waals surface area contributed by atoms with Crippen LogP contribution in [0.4, 0.5) is 11.4 Å². The molecule has 0 radical (unpaired) electrons. The summed E-state index contributed by atoms with van der Waals surface area (Å²) in [5, 5.41) is 11.0. The second-order valence-corrected chi connectivity index (χ2v) is 5.87. The molecular formula is C15H18N2O4. The summed E-state index contributed by atoms with van der Waals surface area (Å²) in [5.41, 5.74) is 1.02. The van der Waals surface area contributed by atoms with Gasteiger partial charge in [-0.1, -0.05) is 6.92 Å². The van der Waals surface area contributed by atoms with Crippen LogP contribution in [0.5, 0.6) is 0 Å². The van der Waals surface area contributed by atoms with Crippen molar-refractivity contribution in [3.8, 4) is 0 Å². The van der Waals surface area contributed by atoms with E-state index in [1.807, 2.05) is 0 Å². The van der Waals surface area contributed by atoms with Gasteiger partial charge in [0.2, 0.25) is 0 Å². The van der Waals surface area contributed by atoms with Gasteiger partial charge in [-0.2, -0.15) is 0 Å². The van der Waals surface area contributed by atoms with Crippen LogP contribution in [0.25, 0.3) is 0 Å². The van der Waals surface area contributed by atoms with Gasteiger partial charge in [0.25, 0.3) is 5.69 Å². The molecule has 112 valence electrons. The Morgan fingerprint density at radius 1 is 1.43 bits per heavy atom. The Kier molecular flexibility index (Phi) is 3.31. The smallest absolute Gasteiger partial charge is 0.339 e. The fraction of sp³-hybridized carbons (Fsp3) is 0.533. The molecule has 1 saturated carbocycles. The Labute approximate surface area is 122 Å². The highest BCUT2D eigenvalue weighted by molar-refractivity contribution is 5.96. The number of benzene rings is 1. The molecule has 3 atom stereocenters. The minimum atomic E-state index is -0.453. The summed E-state index contributed by atoms with van der Waals surface area (Å²) in [4.78, 5) is 24.5. The van der Waals surface area contributed by atoms with E-state index in [4.69, 9.17) is 4.74 Å². The lowest BCUT2D eigenvalue weighted by atomic mass is 10.1. The van der Waals surface area contributed by atoms with E-state index in [0.717, 1.165) is 31.3 Å². The number of piperidine rings is 1. The van der Waals surface area contributed by atoms with Gasteiger partial charge in [-0.15, -0.1) is 0 Å². The number of nitro groups is 1. The zero-order valence-electron chi connectivity index (χ0n) is 12.1. The van der Waals surface area contributed by atoms with Gasteiger partial charge >= 0.3 is 5.97 Å². The molecule has 6 nitrogen and oxygen atoms in total. The first-order valence-electron chi connectivity index (χ1n) is 7.14. The van der Waals surface area contributed by atoms with Crippen LogP contribution in [-0.2, 0) is 4.74 Å². The van der Waals surface area contributed by atoms with Gasteiger partial charge in [-0.3, -0.25) is 10.1 Å². The van der Waals surface area contributed by atoms with Gasteiger partial charge in [0.15, 0.2) is 0 Å². The molecule has 1 aliphatic heterocycles. The maximum Gasteiger partial charge on any atom is 0.339 e. The van der Waals surface area contributed by atoms with E-state index >= 15 is 0 Å². The molecular weight excluding hydrogens is 272 g/mol. The van der Waals surface area contributed by atoms with Crippen LogP contribution in [0.15, 0.2) is 18.2 Å². The van der Waals surface area contributed by atoms with Crippen molar-refractivity contribution in [1.29, 1.82) is 0 Å². The quantitative estimate of drug-likeness (QED) is 0.486. The lowest BCUT2D eigenvalue weighted by Crippen LogP contribution is -2.32. The first-order valence-corrected chi connectivity index (χ1v) is 7.14. The van der Waals surface area contributed by atoms with Crippen molar-refractivity contribution >= 4 is 17.3 Å². The predicted molar refractivity (Wildman–Crippen MR) is 77.4 cm³/mol. The SMILES string of the molecule is COC(=O)c1ccc([N+](=O)[O-])cc1N1CCC2C(C)C2C1. The van der Waals surface area contributed by atoms with E-state index in [9.17, 15) is 14.9 Å². The fourth-order valence-electron chi connectivity index (χ4n) is 3.46. The van der Waals surface area contributed by atoms with E-state index in [2.05, 4.69) is 11.8 Å². The number of nitro benzene ring substituents is 1. The summed E-state index contributed by atoms with van der Waals surface area (Å²) in [6.07, 6.45) is 1.08. The van der Waals surface area contributed by atoms with Crippen molar-refractivity contribution < 1.29 is 14.5 Å². The highest BCUT2D eigenvalue weighted by atomic mass is 16.6. The number of carbonyl (C=O) groups is 1. The standard InChI is InChI=1S/C15H18N2O4/c1-9-11-5-6-16(8-13(9)11)14-7-10(17(19)20)3-4-12(14)15(18)21-2/h3-4,7,9,11,13H,5-6,8H2,1-2H3. The minimum Gasteiger partial charge on any atom is -0.465 e. The summed E-state index contributed by atoms with van der Waals surface area (Å²) in [6.45, 7) is 3.93. The van der Waals surface area contributed by atoms with Crippen LogP contribution >= 0.6 is 0 Å². The molecule has 3 unspecified atom stereocenters. The lowest BCUT2D eigenvalue weighted by Gasteiger charge is -2.29. The summed E-state index contributed by atoms with van der Waals surface area (Å²) in [7, 11) is 1.32. The summed E-state index contributed by atoms with van der Waals surface area (Å²) in [5.74, 6) is 1.69. The summed E-state index contributed by atoms with van der Waals surface area (Å²) in [6, 6.07) is 4.32. The lowest BCUT2D eigenvalue weighted by molar-refractivity contribution is -0.384. The Bertz CT molecular complexity index is 601. The van der Waals surface area contributed by atoms with E-state index < -0.39 is 10.9 Å². The summed E-state index contributed by atoms with van der Waals surface area (Å²) < 4.78 is 4.79. The van der Waals surface area contributed by atoms with Crippen molar-refractivity contribution in [2.75, 3.05) is 25.1 Å². The van der Waals surface area contributed by atoms with Gasteiger partial charge in [0.05, 0.1) is 23.3 Å². The Hall–Kier alpha value is -2.11. The van der Waals surface area contributed by atoms with Crippen molar-refractivity contribution in [3.05, 3.63) is 33.9 Å². The third-order valence-corrected chi connectivity index (χ3v) is 4.86. The van der Waals surface area contributed by atoms with Crippen molar-refractivity contribution in [2.45, 2.75) is 13.3 Å². The van der Waals surface area contributed by atoms with E-state index in [-0.39, 0.29) is 5.69 Å². The number of hydrogen-bond donors (Lipinski definition) is 0. The molecule has 0 spiro atoms. The molecule has 1 aromatic carbocycles. The topological polar surface area (TPSA) is 72.7 Å². The van der Waals surface area contributed by atoms with Gasteiger partial charge in [0, 0.05) is 25.2 Å². The van der Waals surface area contributed by atoms with Gasteiger partial charge in [-0.05, 0) is 30.2 Å². The second kappa shape index (κ2) is 5.02. The molecule has 0 bridgehead atoms. The molecule has 1 aliphatic carbocycles. The molecule has 0 amide bonds. The Morgan fingerprint density at radius 2 is 2.19 bits per heavy atom. The zero-order valence-corrected chi connectivity index (χ0v) is 12.1. The molecule has 6 heteroatoms. The molecule has 0 N–H and O–H groups in total. The summed E-state index contributed by atoms with van der Waals surface area (Å²) >= 11 is 0. The van der Waals surface area contributed by atoms with Crippen LogP contribution in [-0.4, -0.2) is 31.1 Å². The van der Waals surface area contributed by atoms with Crippen LogP contribution < -0.4 is 4.90 Å². The number of anilines is 1. The number of nitrogens with zero attached hydrogens (tertiary/aromatic N) is 2. The molecule has 1 saturated heterocycles. The number of esters is 1. The number of rotatable bonds is 3. The fourth-order valence-corrected chi connectivity index (χ4v) is 3.46. The molecule has 1 heterocycles. The normalized spacial score (nSPS) is 27.0. The molecule has 2 aliphatic rings. The molecule has 3 rings (SSSR count). The number of fused-ring (bicyclic) bond motifs is 1.